The van der Waals surface area contributed by atoms with Crippen molar-refractivity contribution in [1.82, 2.24) is 24.6 Å². The fraction of sp³-hybridized carbons (Fsp3) is 0.231. The first kappa shape index (κ1) is 26.7. The van der Waals surface area contributed by atoms with Crippen LogP contribution in [0.2, 0.25) is 0 Å². The summed E-state index contributed by atoms with van der Waals surface area (Å²) in [5.74, 6) is -1.86. The summed E-state index contributed by atoms with van der Waals surface area (Å²) >= 11 is 0. The maximum atomic E-state index is 14.1. The van der Waals surface area contributed by atoms with Crippen molar-refractivity contribution in [2.45, 2.75) is 32.4 Å². The van der Waals surface area contributed by atoms with Crippen LogP contribution in [0.4, 0.5) is 17.6 Å². The molecule has 198 valence electrons. The molecule has 0 unspecified atom stereocenters. The summed E-state index contributed by atoms with van der Waals surface area (Å²) in [5, 5.41) is 6.69. The summed E-state index contributed by atoms with van der Waals surface area (Å²) < 4.78 is 61.9. The van der Waals surface area contributed by atoms with Gasteiger partial charge in [0.2, 0.25) is 0 Å². The summed E-state index contributed by atoms with van der Waals surface area (Å²) in [6.07, 6.45) is -0.999. The van der Waals surface area contributed by atoms with Crippen molar-refractivity contribution in [3.63, 3.8) is 0 Å². The molecule has 12 heteroatoms. The van der Waals surface area contributed by atoms with Crippen LogP contribution >= 0.6 is 0 Å². The number of methoxy groups -OCH3 is 1. The lowest BCUT2D eigenvalue weighted by molar-refractivity contribution is -0.142. The number of aromatic nitrogens is 4. The summed E-state index contributed by atoms with van der Waals surface area (Å²) in [6, 6.07) is 13.2. The van der Waals surface area contributed by atoms with Crippen LogP contribution in [0.15, 0.2) is 71.9 Å². The third-order valence-electron chi connectivity index (χ3n) is 5.68. The third-order valence-corrected chi connectivity index (χ3v) is 5.68. The molecule has 0 aliphatic heterocycles. The molecular formula is C26H23F4N5O3. The standard InChI is InChI=1S/C26H23F4N5O3/c1-38-16-22-20(25(37)32-12-19-21(27)9-10-31-24(19)26(28,29)30)15-35(33-22)14-18-7-5-17(6-8-18)13-34-11-3-2-4-23(34)36/h2-11,15H,12-14,16H2,1H3,(H,32,37). The van der Waals surface area contributed by atoms with E-state index in [1.807, 2.05) is 24.3 Å². The molecule has 4 rings (SSSR count). The van der Waals surface area contributed by atoms with Crippen molar-refractivity contribution in [2.24, 2.45) is 0 Å². The number of hydrogen-bond acceptors (Lipinski definition) is 5. The summed E-state index contributed by atoms with van der Waals surface area (Å²) in [7, 11) is 1.41. The van der Waals surface area contributed by atoms with E-state index in [2.05, 4.69) is 15.4 Å². The molecule has 0 saturated heterocycles. The zero-order chi connectivity index (χ0) is 27.3. The van der Waals surface area contributed by atoms with Crippen molar-refractivity contribution in [3.8, 4) is 0 Å². The lowest BCUT2D eigenvalue weighted by atomic mass is 10.1. The van der Waals surface area contributed by atoms with E-state index >= 15 is 0 Å². The average molecular weight is 529 g/mol. The van der Waals surface area contributed by atoms with E-state index in [0.29, 0.717) is 13.1 Å². The van der Waals surface area contributed by atoms with Gasteiger partial charge in [-0.1, -0.05) is 30.3 Å². The van der Waals surface area contributed by atoms with E-state index in [0.717, 1.165) is 23.4 Å². The Morgan fingerprint density at radius 3 is 2.42 bits per heavy atom. The Hall–Kier alpha value is -4.32. The molecule has 3 aromatic heterocycles. The molecule has 0 bridgehead atoms. The first-order chi connectivity index (χ1) is 18.2. The molecule has 8 nitrogen and oxygen atoms in total. The average Bonchev–Trinajstić information content (AvgIpc) is 3.27. The van der Waals surface area contributed by atoms with Gasteiger partial charge in [0.1, 0.15) is 11.5 Å². The molecule has 1 N–H and O–H groups in total. The highest BCUT2D eigenvalue weighted by Crippen LogP contribution is 2.31. The number of carbonyl (C=O) groups is 1. The van der Waals surface area contributed by atoms with Gasteiger partial charge in [-0.25, -0.2) is 4.39 Å². The second-order valence-corrected chi connectivity index (χ2v) is 8.40. The van der Waals surface area contributed by atoms with Crippen LogP contribution in [0, 0.1) is 5.82 Å². The van der Waals surface area contributed by atoms with Gasteiger partial charge in [-0.15, -0.1) is 0 Å². The van der Waals surface area contributed by atoms with Crippen LogP contribution in [0.1, 0.15) is 38.4 Å². The number of nitrogens with zero attached hydrogens (tertiary/aromatic N) is 4. The summed E-state index contributed by atoms with van der Waals surface area (Å²) in [6.45, 7) is -0.0187. The first-order valence-electron chi connectivity index (χ1n) is 11.4. The van der Waals surface area contributed by atoms with E-state index in [1.165, 1.54) is 24.1 Å². The summed E-state index contributed by atoms with van der Waals surface area (Å²) in [4.78, 5) is 28.0. The molecule has 1 amide bonds. The normalized spacial score (nSPS) is 11.5. The van der Waals surface area contributed by atoms with E-state index in [1.54, 1.807) is 22.9 Å². The summed E-state index contributed by atoms with van der Waals surface area (Å²) in [5.41, 5.74) is -0.121. The fourth-order valence-electron chi connectivity index (χ4n) is 3.85. The minimum atomic E-state index is -4.87. The maximum Gasteiger partial charge on any atom is 0.433 e. The van der Waals surface area contributed by atoms with E-state index in [9.17, 15) is 27.2 Å². The second kappa shape index (κ2) is 11.4. The molecule has 0 atom stereocenters. The number of carbonyl (C=O) groups excluding carboxylic acids is 1. The van der Waals surface area contributed by atoms with Gasteiger partial charge < -0.3 is 14.6 Å². The molecule has 1 aromatic carbocycles. The predicted molar refractivity (Wildman–Crippen MR) is 129 cm³/mol. The van der Waals surface area contributed by atoms with Crippen molar-refractivity contribution >= 4 is 5.91 Å². The number of rotatable bonds is 9. The van der Waals surface area contributed by atoms with E-state index < -0.39 is 35.7 Å². The van der Waals surface area contributed by atoms with Crippen molar-refractivity contribution in [1.29, 1.82) is 0 Å². The predicted octanol–water partition coefficient (Wildman–Crippen LogP) is 3.77. The van der Waals surface area contributed by atoms with Crippen molar-refractivity contribution in [2.75, 3.05) is 7.11 Å². The van der Waals surface area contributed by atoms with Gasteiger partial charge in [0, 0.05) is 43.9 Å². The Bertz CT molecular complexity index is 1480. The number of ether oxygens (including phenoxy) is 1. The number of nitrogens with one attached hydrogen (secondary N) is 1. The Morgan fingerprint density at radius 2 is 1.76 bits per heavy atom. The van der Waals surface area contributed by atoms with Gasteiger partial charge in [0.25, 0.3) is 11.5 Å². The van der Waals surface area contributed by atoms with Crippen LogP contribution in [-0.2, 0) is 37.2 Å². The van der Waals surface area contributed by atoms with Crippen LogP contribution in [-0.4, -0.2) is 32.3 Å². The topological polar surface area (TPSA) is 91.0 Å². The number of benzene rings is 1. The zero-order valence-corrected chi connectivity index (χ0v) is 20.2. The lowest BCUT2D eigenvalue weighted by Crippen LogP contribution is -2.26. The lowest BCUT2D eigenvalue weighted by Gasteiger charge is -2.13. The smallest absolute Gasteiger partial charge is 0.378 e. The molecule has 38 heavy (non-hydrogen) atoms. The highest BCUT2D eigenvalue weighted by atomic mass is 19.4. The number of amides is 1. The highest BCUT2D eigenvalue weighted by Gasteiger charge is 2.36. The molecule has 0 aliphatic carbocycles. The monoisotopic (exact) mass is 529 g/mol. The fourth-order valence-corrected chi connectivity index (χ4v) is 3.85. The second-order valence-electron chi connectivity index (χ2n) is 8.40. The number of alkyl halides is 3. The molecule has 0 radical (unpaired) electrons. The zero-order valence-electron chi connectivity index (χ0n) is 20.2. The SMILES string of the molecule is COCc1nn(Cc2ccc(Cn3ccccc3=O)cc2)cc1C(=O)NCc1c(F)ccnc1C(F)(F)F. The van der Waals surface area contributed by atoms with Crippen molar-refractivity contribution < 1.29 is 27.1 Å². The van der Waals surface area contributed by atoms with Gasteiger partial charge in [-0.3, -0.25) is 19.3 Å². The quantitative estimate of drug-likeness (QED) is 0.334. The third kappa shape index (κ3) is 6.32. The van der Waals surface area contributed by atoms with Crippen LogP contribution < -0.4 is 10.9 Å². The largest absolute Gasteiger partial charge is 0.433 e. The molecular weight excluding hydrogens is 506 g/mol. The first-order valence-corrected chi connectivity index (χ1v) is 11.4. The van der Waals surface area contributed by atoms with E-state index in [4.69, 9.17) is 4.74 Å². The minimum absolute atomic E-state index is 0.0183. The van der Waals surface area contributed by atoms with Gasteiger partial charge >= 0.3 is 6.18 Å². The van der Waals surface area contributed by atoms with Crippen LogP contribution in [0.5, 0.6) is 0 Å². The van der Waals surface area contributed by atoms with Gasteiger partial charge in [-0.2, -0.15) is 18.3 Å². The molecule has 3 heterocycles. The van der Waals surface area contributed by atoms with Gasteiger partial charge in [0.05, 0.1) is 25.3 Å². The van der Waals surface area contributed by atoms with Gasteiger partial charge in [0.15, 0.2) is 5.69 Å². The molecule has 0 saturated carbocycles. The van der Waals surface area contributed by atoms with E-state index in [-0.39, 0.29) is 23.4 Å². The molecule has 4 aromatic rings. The Kier molecular flexibility index (Phi) is 8.01. The number of pyridine rings is 2. The highest BCUT2D eigenvalue weighted by molar-refractivity contribution is 5.95. The number of hydrogen-bond donors (Lipinski definition) is 1. The Labute approximate surface area is 214 Å². The molecule has 0 aliphatic rings. The van der Waals surface area contributed by atoms with Gasteiger partial charge in [-0.05, 0) is 23.3 Å². The number of halogens is 4. The maximum absolute atomic E-state index is 14.1. The Balaban J connectivity index is 1.47. The molecule has 0 spiro atoms. The van der Waals surface area contributed by atoms with Crippen LogP contribution in [0.25, 0.3) is 0 Å². The minimum Gasteiger partial charge on any atom is -0.378 e. The molecule has 0 fully saturated rings. The Morgan fingerprint density at radius 1 is 1.05 bits per heavy atom. The van der Waals surface area contributed by atoms with Crippen LogP contribution in [0.3, 0.4) is 0 Å². The van der Waals surface area contributed by atoms with Crippen molar-refractivity contribution in [3.05, 3.63) is 117 Å².